The lowest BCUT2D eigenvalue weighted by atomic mass is 10.1. The van der Waals surface area contributed by atoms with Gasteiger partial charge in [-0.05, 0) is 25.7 Å². The number of aliphatic hydroxyl groups excluding tert-OH is 2. The molecule has 2 aliphatic rings. The Kier molecular flexibility index (Phi) is 5.56. The van der Waals surface area contributed by atoms with Crippen LogP contribution in [-0.2, 0) is 0 Å². The molecule has 6 nitrogen and oxygen atoms in total. The van der Waals surface area contributed by atoms with Gasteiger partial charge in [0.05, 0.1) is 18.4 Å². The number of nitrogens with zero attached hydrogens (tertiary/aromatic N) is 2. The Morgan fingerprint density at radius 1 is 1.00 bits per heavy atom. The lowest BCUT2D eigenvalue weighted by molar-refractivity contribution is 0.138. The Balaban J connectivity index is 1.55. The highest BCUT2D eigenvalue weighted by molar-refractivity contribution is 6.32. The quantitative estimate of drug-likeness (QED) is 0.635. The average molecular weight is 341 g/mol. The minimum atomic E-state index is -0.232. The molecular weight excluding hydrogens is 316 g/mol. The van der Waals surface area contributed by atoms with E-state index in [2.05, 4.69) is 20.6 Å². The normalized spacial score (nSPS) is 30.6. The van der Waals surface area contributed by atoms with Gasteiger partial charge in [-0.2, -0.15) is 4.98 Å². The van der Waals surface area contributed by atoms with Crippen molar-refractivity contribution >= 4 is 23.4 Å². The molecule has 3 rings (SSSR count). The van der Waals surface area contributed by atoms with Crippen molar-refractivity contribution in [2.45, 2.75) is 50.7 Å². The SMILES string of the molecule is OC1CCCC1CNc1ncc(Cl)c(NCC2CCCC2O)n1. The van der Waals surface area contributed by atoms with E-state index < -0.39 is 0 Å². The van der Waals surface area contributed by atoms with Crippen LogP contribution in [0.15, 0.2) is 6.20 Å². The molecule has 128 valence electrons. The summed E-state index contributed by atoms with van der Waals surface area (Å²) in [5.74, 6) is 1.63. The number of halogens is 1. The van der Waals surface area contributed by atoms with Crippen LogP contribution in [0.1, 0.15) is 38.5 Å². The Bertz CT molecular complexity index is 531. The molecule has 4 unspecified atom stereocenters. The van der Waals surface area contributed by atoms with E-state index in [1.54, 1.807) is 6.20 Å². The number of anilines is 2. The highest BCUT2D eigenvalue weighted by Gasteiger charge is 2.26. The summed E-state index contributed by atoms with van der Waals surface area (Å²) in [5, 5.41) is 26.6. The van der Waals surface area contributed by atoms with Gasteiger partial charge in [0.15, 0.2) is 0 Å². The van der Waals surface area contributed by atoms with Crippen LogP contribution in [-0.4, -0.2) is 45.5 Å². The van der Waals surface area contributed by atoms with Crippen LogP contribution in [0.3, 0.4) is 0 Å². The summed E-state index contributed by atoms with van der Waals surface area (Å²) >= 11 is 6.15. The molecule has 23 heavy (non-hydrogen) atoms. The van der Waals surface area contributed by atoms with Gasteiger partial charge in [-0.25, -0.2) is 4.98 Å². The van der Waals surface area contributed by atoms with E-state index in [-0.39, 0.29) is 24.0 Å². The third kappa shape index (κ3) is 4.25. The number of hydrogen-bond donors (Lipinski definition) is 4. The fourth-order valence-corrected chi connectivity index (χ4v) is 3.70. The van der Waals surface area contributed by atoms with Crippen LogP contribution in [0.5, 0.6) is 0 Å². The first-order chi connectivity index (χ1) is 11.1. The summed E-state index contributed by atoms with van der Waals surface area (Å²) in [6.07, 6.45) is 7.09. The summed E-state index contributed by atoms with van der Waals surface area (Å²) in [4.78, 5) is 8.61. The standard InChI is InChI=1S/C16H25ClN4O2/c17-12-9-20-16(19-8-11-4-2-6-14(11)23)21-15(12)18-7-10-3-1-5-13(10)22/h9-11,13-14,22-23H,1-8H2,(H2,18,19,20,21). The molecule has 2 aliphatic carbocycles. The second-order valence-electron chi connectivity index (χ2n) is 6.67. The Hall–Kier alpha value is -1.11. The number of aliphatic hydroxyl groups is 2. The zero-order valence-corrected chi connectivity index (χ0v) is 14.0. The van der Waals surface area contributed by atoms with Crippen molar-refractivity contribution < 1.29 is 10.2 Å². The molecule has 0 radical (unpaired) electrons. The van der Waals surface area contributed by atoms with Gasteiger partial charge in [-0.1, -0.05) is 24.4 Å². The molecule has 1 heterocycles. The van der Waals surface area contributed by atoms with Gasteiger partial charge in [0.2, 0.25) is 5.95 Å². The van der Waals surface area contributed by atoms with Crippen molar-refractivity contribution in [3.63, 3.8) is 0 Å². The maximum atomic E-state index is 9.88. The lowest BCUT2D eigenvalue weighted by Crippen LogP contribution is -2.24. The van der Waals surface area contributed by atoms with Crippen molar-refractivity contribution in [1.82, 2.24) is 9.97 Å². The summed E-state index contributed by atoms with van der Waals surface area (Å²) in [5.41, 5.74) is 0. The average Bonchev–Trinajstić information content (AvgIpc) is 3.13. The lowest BCUT2D eigenvalue weighted by Gasteiger charge is -2.17. The second-order valence-corrected chi connectivity index (χ2v) is 7.08. The topological polar surface area (TPSA) is 90.3 Å². The van der Waals surface area contributed by atoms with Gasteiger partial charge < -0.3 is 20.8 Å². The van der Waals surface area contributed by atoms with Crippen molar-refractivity contribution in [3.05, 3.63) is 11.2 Å². The van der Waals surface area contributed by atoms with E-state index in [0.29, 0.717) is 29.9 Å². The molecule has 4 atom stereocenters. The molecule has 0 bridgehead atoms. The van der Waals surface area contributed by atoms with Gasteiger partial charge >= 0.3 is 0 Å². The number of aromatic nitrogens is 2. The molecule has 0 saturated heterocycles. The van der Waals surface area contributed by atoms with Crippen molar-refractivity contribution in [2.24, 2.45) is 11.8 Å². The predicted molar refractivity (Wildman–Crippen MR) is 90.7 cm³/mol. The first kappa shape index (κ1) is 16.7. The number of hydrogen-bond acceptors (Lipinski definition) is 6. The molecule has 7 heteroatoms. The van der Waals surface area contributed by atoms with Crippen molar-refractivity contribution in [3.8, 4) is 0 Å². The summed E-state index contributed by atoms with van der Waals surface area (Å²) in [7, 11) is 0. The second kappa shape index (κ2) is 7.64. The molecular formula is C16H25ClN4O2. The molecule has 2 fully saturated rings. The first-order valence-electron chi connectivity index (χ1n) is 8.50. The van der Waals surface area contributed by atoms with Gasteiger partial charge in [0.1, 0.15) is 10.8 Å². The van der Waals surface area contributed by atoms with E-state index in [9.17, 15) is 10.2 Å². The van der Waals surface area contributed by atoms with Crippen LogP contribution in [0.2, 0.25) is 5.02 Å². The monoisotopic (exact) mass is 340 g/mol. The fraction of sp³-hybridized carbons (Fsp3) is 0.750. The van der Waals surface area contributed by atoms with E-state index in [1.807, 2.05) is 0 Å². The molecule has 1 aromatic heterocycles. The Morgan fingerprint density at radius 2 is 1.61 bits per heavy atom. The zero-order valence-electron chi connectivity index (χ0n) is 13.2. The number of nitrogens with one attached hydrogen (secondary N) is 2. The first-order valence-corrected chi connectivity index (χ1v) is 8.87. The third-order valence-corrected chi connectivity index (χ3v) is 5.31. The van der Waals surface area contributed by atoms with Crippen LogP contribution < -0.4 is 10.6 Å². The third-order valence-electron chi connectivity index (χ3n) is 5.04. The van der Waals surface area contributed by atoms with E-state index >= 15 is 0 Å². The maximum Gasteiger partial charge on any atom is 0.224 e. The Morgan fingerprint density at radius 3 is 2.17 bits per heavy atom. The molecule has 4 N–H and O–H groups in total. The van der Waals surface area contributed by atoms with Crippen LogP contribution in [0.4, 0.5) is 11.8 Å². The van der Waals surface area contributed by atoms with Crippen LogP contribution in [0, 0.1) is 11.8 Å². The molecule has 0 spiro atoms. The molecule has 0 aromatic carbocycles. The van der Waals surface area contributed by atoms with Gasteiger partial charge in [0, 0.05) is 24.9 Å². The van der Waals surface area contributed by atoms with E-state index in [4.69, 9.17) is 11.6 Å². The van der Waals surface area contributed by atoms with Crippen molar-refractivity contribution in [2.75, 3.05) is 23.7 Å². The molecule has 0 amide bonds. The molecule has 2 saturated carbocycles. The van der Waals surface area contributed by atoms with Gasteiger partial charge in [0.25, 0.3) is 0 Å². The van der Waals surface area contributed by atoms with Gasteiger partial charge in [-0.15, -0.1) is 0 Å². The maximum absolute atomic E-state index is 9.88. The number of rotatable bonds is 6. The smallest absolute Gasteiger partial charge is 0.224 e. The fourth-order valence-electron chi connectivity index (χ4n) is 3.54. The largest absolute Gasteiger partial charge is 0.393 e. The van der Waals surface area contributed by atoms with Crippen LogP contribution >= 0.6 is 11.6 Å². The van der Waals surface area contributed by atoms with Crippen molar-refractivity contribution in [1.29, 1.82) is 0 Å². The van der Waals surface area contributed by atoms with E-state index in [1.165, 1.54) is 0 Å². The summed E-state index contributed by atoms with van der Waals surface area (Å²) in [6, 6.07) is 0. The highest BCUT2D eigenvalue weighted by Crippen LogP contribution is 2.28. The summed E-state index contributed by atoms with van der Waals surface area (Å²) < 4.78 is 0. The molecule has 1 aromatic rings. The predicted octanol–water partition coefficient (Wildman–Crippen LogP) is 2.28. The zero-order chi connectivity index (χ0) is 16.2. The molecule has 0 aliphatic heterocycles. The minimum absolute atomic E-state index is 0.226. The van der Waals surface area contributed by atoms with Gasteiger partial charge in [-0.3, -0.25) is 0 Å². The highest BCUT2D eigenvalue weighted by atomic mass is 35.5. The van der Waals surface area contributed by atoms with Crippen LogP contribution in [0.25, 0.3) is 0 Å². The minimum Gasteiger partial charge on any atom is -0.393 e. The summed E-state index contributed by atoms with van der Waals surface area (Å²) in [6.45, 7) is 1.34. The van der Waals surface area contributed by atoms with E-state index in [0.717, 1.165) is 38.5 Å². The Labute approximate surface area is 141 Å².